The van der Waals surface area contributed by atoms with Crippen molar-refractivity contribution in [3.8, 4) is 0 Å². The van der Waals surface area contributed by atoms with Gasteiger partial charge in [0.2, 0.25) is 23.6 Å². The number of halogens is 1. The number of benzene rings is 1. The predicted molar refractivity (Wildman–Crippen MR) is 103 cm³/mol. The lowest BCUT2D eigenvalue weighted by atomic mass is 9.76. The van der Waals surface area contributed by atoms with Crippen molar-refractivity contribution in [3.05, 3.63) is 28.8 Å². The van der Waals surface area contributed by atoms with Gasteiger partial charge in [-0.25, -0.2) is 0 Å². The van der Waals surface area contributed by atoms with Crippen LogP contribution in [0.1, 0.15) is 18.4 Å². The molecule has 0 aliphatic carbocycles. The summed E-state index contributed by atoms with van der Waals surface area (Å²) in [5.41, 5.74) is 4.93. The summed E-state index contributed by atoms with van der Waals surface area (Å²) in [6.45, 7) is 0.293. The third kappa shape index (κ3) is 2.84. The molecule has 0 radical (unpaired) electrons. The number of hydrogen-bond donors (Lipinski definition) is 3. The Morgan fingerprint density at radius 3 is 2.76 bits per heavy atom. The second-order valence-corrected chi connectivity index (χ2v) is 7.97. The number of carbonyl (C=O) groups is 4. The van der Waals surface area contributed by atoms with Crippen LogP contribution in [-0.2, 0) is 29.5 Å². The largest absolute Gasteiger partial charge is 0.383 e. The van der Waals surface area contributed by atoms with E-state index in [9.17, 15) is 19.2 Å². The fourth-order valence-corrected chi connectivity index (χ4v) is 4.96. The van der Waals surface area contributed by atoms with Gasteiger partial charge in [-0.3, -0.25) is 29.4 Å². The first-order valence-corrected chi connectivity index (χ1v) is 9.70. The maximum atomic E-state index is 13.3. The maximum absolute atomic E-state index is 13.3. The molecule has 2 unspecified atom stereocenters. The van der Waals surface area contributed by atoms with Crippen LogP contribution in [0, 0.1) is 11.8 Å². The van der Waals surface area contributed by atoms with Crippen molar-refractivity contribution < 1.29 is 23.9 Å². The third-order valence-electron chi connectivity index (χ3n) is 5.99. The molecular formula is C19H21ClN4O5. The molecular weight excluding hydrogens is 400 g/mol. The number of methoxy groups -OCH3 is 1. The van der Waals surface area contributed by atoms with Gasteiger partial charge in [0.1, 0.15) is 5.54 Å². The number of nitrogens with two attached hydrogens (primary N) is 1. The molecule has 154 valence electrons. The van der Waals surface area contributed by atoms with E-state index in [1.54, 1.807) is 18.2 Å². The molecule has 0 aromatic heterocycles. The molecule has 4 N–H and O–H groups in total. The maximum Gasteiger partial charge on any atom is 0.250 e. The van der Waals surface area contributed by atoms with Crippen LogP contribution in [0.5, 0.6) is 0 Å². The first-order chi connectivity index (χ1) is 13.8. The number of hydrogen-bond acceptors (Lipinski definition) is 6. The van der Waals surface area contributed by atoms with Crippen molar-refractivity contribution in [1.29, 1.82) is 0 Å². The average molecular weight is 421 g/mol. The van der Waals surface area contributed by atoms with E-state index in [4.69, 9.17) is 22.1 Å². The highest BCUT2D eigenvalue weighted by Gasteiger charge is 2.70. The topological polar surface area (TPSA) is 131 Å². The highest BCUT2D eigenvalue weighted by atomic mass is 35.5. The number of carbonyl (C=O) groups excluding carboxylic acids is 4. The van der Waals surface area contributed by atoms with Crippen molar-refractivity contribution in [2.45, 2.75) is 24.4 Å². The zero-order valence-electron chi connectivity index (χ0n) is 15.7. The molecule has 0 saturated carbocycles. The number of nitrogens with one attached hydrogen (secondary N) is 2. The van der Waals surface area contributed by atoms with E-state index in [-0.39, 0.29) is 31.9 Å². The number of primary amides is 1. The fourth-order valence-electron chi connectivity index (χ4n) is 4.78. The Morgan fingerprint density at radius 1 is 1.31 bits per heavy atom. The van der Waals surface area contributed by atoms with Crippen molar-refractivity contribution in [2.75, 3.05) is 25.6 Å². The van der Waals surface area contributed by atoms with Crippen LogP contribution in [0.25, 0.3) is 0 Å². The Morgan fingerprint density at radius 2 is 2.07 bits per heavy atom. The number of fused-ring (bicyclic) bond motifs is 4. The molecule has 4 rings (SSSR count). The molecule has 10 heteroatoms. The van der Waals surface area contributed by atoms with Crippen LogP contribution in [0.15, 0.2) is 18.2 Å². The van der Waals surface area contributed by atoms with Crippen molar-refractivity contribution in [1.82, 2.24) is 10.2 Å². The highest BCUT2D eigenvalue weighted by molar-refractivity contribution is 6.31. The summed E-state index contributed by atoms with van der Waals surface area (Å²) < 4.78 is 5.02. The van der Waals surface area contributed by atoms with Crippen LogP contribution < -0.4 is 16.4 Å². The van der Waals surface area contributed by atoms with Gasteiger partial charge in [-0.2, -0.15) is 0 Å². The first kappa shape index (κ1) is 19.8. The molecule has 3 aliphatic rings. The Kier molecular flexibility index (Phi) is 4.84. The van der Waals surface area contributed by atoms with Crippen molar-refractivity contribution in [3.63, 3.8) is 0 Å². The van der Waals surface area contributed by atoms with Gasteiger partial charge in [-0.05, 0) is 24.6 Å². The molecule has 1 spiro atoms. The monoisotopic (exact) mass is 420 g/mol. The number of ether oxygens (including phenoxy) is 1. The van der Waals surface area contributed by atoms with Crippen LogP contribution in [0.3, 0.4) is 0 Å². The van der Waals surface area contributed by atoms with Gasteiger partial charge in [0, 0.05) is 35.8 Å². The number of imide groups is 1. The third-order valence-corrected chi connectivity index (χ3v) is 6.22. The van der Waals surface area contributed by atoms with Crippen LogP contribution in [0.4, 0.5) is 5.69 Å². The van der Waals surface area contributed by atoms with Gasteiger partial charge in [-0.1, -0.05) is 11.6 Å². The Hall–Kier alpha value is -2.49. The first-order valence-electron chi connectivity index (χ1n) is 9.33. The molecule has 29 heavy (non-hydrogen) atoms. The molecule has 3 heterocycles. The summed E-state index contributed by atoms with van der Waals surface area (Å²) in [4.78, 5) is 52.0. The van der Waals surface area contributed by atoms with E-state index in [2.05, 4.69) is 10.6 Å². The smallest absolute Gasteiger partial charge is 0.250 e. The quantitative estimate of drug-likeness (QED) is 0.554. The zero-order chi connectivity index (χ0) is 20.9. The van der Waals surface area contributed by atoms with E-state index in [0.29, 0.717) is 16.3 Å². The minimum Gasteiger partial charge on any atom is -0.383 e. The molecule has 0 bridgehead atoms. The van der Waals surface area contributed by atoms with E-state index in [0.717, 1.165) is 4.90 Å². The summed E-state index contributed by atoms with van der Waals surface area (Å²) in [5, 5.41) is 6.42. The van der Waals surface area contributed by atoms with Gasteiger partial charge in [0.05, 0.1) is 25.0 Å². The summed E-state index contributed by atoms with van der Waals surface area (Å²) in [7, 11) is 1.48. The Balaban J connectivity index is 1.81. The number of anilines is 1. The summed E-state index contributed by atoms with van der Waals surface area (Å²) in [6, 6.07) is 4.38. The van der Waals surface area contributed by atoms with Gasteiger partial charge in [-0.15, -0.1) is 0 Å². The van der Waals surface area contributed by atoms with Crippen LogP contribution in [0.2, 0.25) is 5.02 Å². The lowest BCUT2D eigenvalue weighted by molar-refractivity contribution is -0.143. The Bertz CT molecular complexity index is 922. The standard InChI is InChI=1S/C19H21ClN4O5/c1-29-7-6-24-16(26)14-12(4-5-13(21)25)23-19(15(14)17(24)27)10-8-9(20)2-3-11(10)22-18(19)28/h2-3,8,12,14-15,23H,4-7H2,1H3,(H2,21,25)(H,22,28)/t12?,14-,15+,19?/m1/s1. The molecule has 3 aliphatic heterocycles. The highest BCUT2D eigenvalue weighted by Crippen LogP contribution is 2.53. The number of amides is 4. The second kappa shape index (κ2) is 7.08. The predicted octanol–water partition coefficient (Wildman–Crippen LogP) is -0.0277. The SMILES string of the molecule is COCCN1C(=O)[C@@H]2C(CCC(N)=O)NC3(C(=O)Nc4ccc(Cl)cc43)[C@@H]2C1=O. The number of nitrogens with zero attached hydrogens (tertiary/aromatic N) is 1. The van der Waals surface area contributed by atoms with Crippen LogP contribution in [-0.4, -0.2) is 54.8 Å². The normalized spacial score (nSPS) is 30.1. The van der Waals surface area contributed by atoms with Crippen molar-refractivity contribution in [2.24, 2.45) is 17.6 Å². The molecule has 1 aromatic rings. The van der Waals surface area contributed by atoms with E-state index in [1.165, 1.54) is 7.11 Å². The molecule has 2 fully saturated rings. The Labute approximate surface area is 171 Å². The summed E-state index contributed by atoms with van der Waals surface area (Å²) in [6.07, 6.45) is 0.263. The summed E-state index contributed by atoms with van der Waals surface area (Å²) >= 11 is 6.17. The van der Waals surface area contributed by atoms with Gasteiger partial charge >= 0.3 is 0 Å². The molecule has 2 saturated heterocycles. The lowest BCUT2D eigenvalue weighted by Gasteiger charge is -2.29. The molecule has 4 amide bonds. The average Bonchev–Trinajstić information content (AvgIpc) is 3.24. The minimum absolute atomic E-state index is 0.0283. The van der Waals surface area contributed by atoms with Gasteiger partial charge < -0.3 is 15.8 Å². The van der Waals surface area contributed by atoms with Gasteiger partial charge in [0.15, 0.2) is 0 Å². The van der Waals surface area contributed by atoms with E-state index in [1.807, 2.05) is 0 Å². The molecule has 1 aromatic carbocycles. The molecule has 4 atom stereocenters. The minimum atomic E-state index is -1.43. The fraction of sp³-hybridized carbons (Fsp3) is 0.474. The van der Waals surface area contributed by atoms with E-state index >= 15 is 0 Å². The number of likely N-dealkylation sites (tertiary alicyclic amines) is 1. The van der Waals surface area contributed by atoms with Gasteiger partial charge in [0.25, 0.3) is 0 Å². The number of rotatable bonds is 6. The van der Waals surface area contributed by atoms with Crippen LogP contribution >= 0.6 is 11.6 Å². The summed E-state index contributed by atoms with van der Waals surface area (Å²) in [5.74, 6) is -3.47. The zero-order valence-corrected chi connectivity index (χ0v) is 16.5. The molecule has 9 nitrogen and oxygen atoms in total. The van der Waals surface area contributed by atoms with E-state index < -0.39 is 41.1 Å². The lowest BCUT2D eigenvalue weighted by Crippen LogP contribution is -2.53. The second-order valence-electron chi connectivity index (χ2n) is 7.53. The van der Waals surface area contributed by atoms with Crippen molar-refractivity contribution >= 4 is 40.9 Å².